The number of aliphatic hydroxyl groups is 3. The molecule has 7 atom stereocenters. The van der Waals surface area contributed by atoms with Crippen LogP contribution in [-0.4, -0.2) is 51.7 Å². The number of unbranched alkanes of at least 4 members (excludes halogenated alkanes) is 3. The van der Waals surface area contributed by atoms with Gasteiger partial charge in [0, 0.05) is 29.1 Å². The molecule has 0 radical (unpaired) electrons. The summed E-state index contributed by atoms with van der Waals surface area (Å²) in [6.07, 6.45) is 8.50. The molecule has 3 N–H and O–H groups in total. The molecule has 3 aliphatic rings. The average Bonchev–Trinajstić information content (AvgIpc) is 3.13. The number of fused-ring (bicyclic) bond motifs is 2. The van der Waals surface area contributed by atoms with Crippen molar-refractivity contribution in [1.82, 2.24) is 0 Å². The van der Waals surface area contributed by atoms with Gasteiger partial charge in [-0.3, -0.25) is 4.79 Å². The number of rotatable bonds is 11. The molecule has 0 saturated heterocycles. The normalized spacial score (nSPS) is 32.2. The molecule has 1 fully saturated rings. The van der Waals surface area contributed by atoms with Crippen molar-refractivity contribution in [2.75, 3.05) is 6.61 Å². The van der Waals surface area contributed by atoms with Gasteiger partial charge in [-0.05, 0) is 64.0 Å². The van der Waals surface area contributed by atoms with E-state index < -0.39 is 41.1 Å². The van der Waals surface area contributed by atoms with Crippen molar-refractivity contribution >= 4 is 11.9 Å². The van der Waals surface area contributed by atoms with E-state index in [1.165, 1.54) is 0 Å². The van der Waals surface area contributed by atoms with Gasteiger partial charge in [-0.25, -0.2) is 4.79 Å². The third-order valence-electron chi connectivity index (χ3n) is 9.24. The molecule has 1 saturated carbocycles. The van der Waals surface area contributed by atoms with E-state index in [4.69, 9.17) is 9.47 Å². The van der Waals surface area contributed by atoms with Crippen LogP contribution in [-0.2, 0) is 19.1 Å². The highest BCUT2D eigenvalue weighted by molar-refractivity contribution is 5.94. The van der Waals surface area contributed by atoms with Crippen molar-refractivity contribution in [3.8, 4) is 0 Å². The monoisotopic (exact) mass is 518 g/mol. The molecule has 37 heavy (non-hydrogen) atoms. The maximum absolute atomic E-state index is 13.2. The summed E-state index contributed by atoms with van der Waals surface area (Å²) in [4.78, 5) is 25.4. The van der Waals surface area contributed by atoms with Crippen molar-refractivity contribution in [3.05, 3.63) is 34.6 Å². The van der Waals surface area contributed by atoms with Gasteiger partial charge < -0.3 is 24.8 Å². The second-order valence-corrected chi connectivity index (χ2v) is 11.8. The third-order valence-corrected chi connectivity index (χ3v) is 9.24. The molecule has 3 rings (SSSR count). The van der Waals surface area contributed by atoms with E-state index in [1.54, 1.807) is 26.8 Å². The zero-order chi connectivity index (χ0) is 27.5. The van der Waals surface area contributed by atoms with Crippen molar-refractivity contribution < 1.29 is 34.4 Å². The molecule has 1 aliphatic heterocycles. The van der Waals surface area contributed by atoms with Gasteiger partial charge >= 0.3 is 11.9 Å². The van der Waals surface area contributed by atoms with Crippen LogP contribution >= 0.6 is 0 Å². The summed E-state index contributed by atoms with van der Waals surface area (Å²) in [6.45, 7) is 11.3. The molecule has 7 nitrogen and oxygen atoms in total. The van der Waals surface area contributed by atoms with Gasteiger partial charge in [-0.1, -0.05) is 52.5 Å². The zero-order valence-corrected chi connectivity index (χ0v) is 23.4. The molecule has 0 aromatic carbocycles. The first kappa shape index (κ1) is 29.6. The summed E-state index contributed by atoms with van der Waals surface area (Å²) in [5.74, 6) is -1.41. The Morgan fingerprint density at radius 2 is 2.00 bits per heavy atom. The highest BCUT2D eigenvalue weighted by Crippen LogP contribution is 2.58. The van der Waals surface area contributed by atoms with Crippen molar-refractivity contribution in [2.24, 2.45) is 23.2 Å². The van der Waals surface area contributed by atoms with Crippen LogP contribution in [0.5, 0.6) is 0 Å². The minimum absolute atomic E-state index is 0.00393. The molecular formula is C30H46O7. The second kappa shape index (κ2) is 11.8. The SMILES string of the molecule is CCCCCCC(/C=C(\C)[C@@H](O)[C@@H](C)C(=O)O[C@@H]1CC[C@H](C)[C@@]2(C)CC3=C(C)C(=O)OC3=C[C@]12O)CO. The van der Waals surface area contributed by atoms with Gasteiger partial charge in [0.15, 0.2) is 0 Å². The van der Waals surface area contributed by atoms with Crippen LogP contribution in [0, 0.1) is 23.2 Å². The van der Waals surface area contributed by atoms with Crippen molar-refractivity contribution in [1.29, 1.82) is 0 Å². The standard InChI is InChI=1S/C30H46O7/c1-7-8-9-10-11-22(17-31)14-18(2)26(32)21(5)28(34)37-25-13-12-19(3)29(6)15-23-20(4)27(33)36-24(23)16-30(25,29)35/h14,16,19,21-22,25-26,31-32,35H,7-13,15,17H2,1-6H3/b18-14+/t19-,21+,22?,25+,26+,29+,30-/m0/s1. The van der Waals surface area contributed by atoms with E-state index in [1.807, 2.05) is 13.0 Å². The topological polar surface area (TPSA) is 113 Å². The minimum Gasteiger partial charge on any atom is -0.459 e. The summed E-state index contributed by atoms with van der Waals surface area (Å²) in [7, 11) is 0. The van der Waals surface area contributed by atoms with E-state index in [9.17, 15) is 24.9 Å². The Bertz CT molecular complexity index is 963. The van der Waals surface area contributed by atoms with Gasteiger partial charge in [0.1, 0.15) is 17.5 Å². The van der Waals surface area contributed by atoms with E-state index in [2.05, 4.69) is 13.8 Å². The Labute approximate surface area is 221 Å². The Balaban J connectivity index is 1.74. The maximum atomic E-state index is 13.2. The van der Waals surface area contributed by atoms with E-state index in [0.717, 1.165) is 44.1 Å². The fraction of sp³-hybridized carbons (Fsp3) is 0.733. The van der Waals surface area contributed by atoms with Gasteiger partial charge in [0.25, 0.3) is 0 Å². The summed E-state index contributed by atoms with van der Waals surface area (Å²) < 4.78 is 11.3. The Morgan fingerprint density at radius 1 is 1.30 bits per heavy atom. The van der Waals surface area contributed by atoms with Crippen LogP contribution in [0.3, 0.4) is 0 Å². The van der Waals surface area contributed by atoms with Gasteiger partial charge in [-0.2, -0.15) is 0 Å². The van der Waals surface area contributed by atoms with Crippen LogP contribution in [0.15, 0.2) is 34.6 Å². The fourth-order valence-corrected chi connectivity index (χ4v) is 6.18. The second-order valence-electron chi connectivity index (χ2n) is 11.8. The summed E-state index contributed by atoms with van der Waals surface area (Å²) in [5.41, 5.74) is -0.142. The summed E-state index contributed by atoms with van der Waals surface area (Å²) >= 11 is 0. The third kappa shape index (κ3) is 5.74. The predicted octanol–water partition coefficient (Wildman–Crippen LogP) is 4.75. The molecule has 0 aromatic rings. The number of esters is 2. The molecule has 1 unspecified atom stereocenters. The molecular weight excluding hydrogens is 472 g/mol. The first-order valence-corrected chi connectivity index (χ1v) is 13.9. The molecule has 7 heteroatoms. The molecule has 0 aromatic heterocycles. The predicted molar refractivity (Wildman–Crippen MR) is 141 cm³/mol. The largest absolute Gasteiger partial charge is 0.459 e. The van der Waals surface area contributed by atoms with E-state index in [0.29, 0.717) is 29.7 Å². The fourth-order valence-electron chi connectivity index (χ4n) is 6.18. The van der Waals surface area contributed by atoms with Gasteiger partial charge in [0.2, 0.25) is 0 Å². The first-order chi connectivity index (χ1) is 17.4. The molecule has 2 aliphatic carbocycles. The maximum Gasteiger partial charge on any atom is 0.339 e. The quantitative estimate of drug-likeness (QED) is 0.205. The van der Waals surface area contributed by atoms with Crippen LogP contribution < -0.4 is 0 Å². The number of hydrogen-bond donors (Lipinski definition) is 3. The average molecular weight is 519 g/mol. The van der Waals surface area contributed by atoms with Gasteiger partial charge in [-0.15, -0.1) is 0 Å². The minimum atomic E-state index is -1.50. The summed E-state index contributed by atoms with van der Waals surface area (Å²) in [6, 6.07) is 0. The highest BCUT2D eigenvalue weighted by Gasteiger charge is 2.61. The number of carbonyl (C=O) groups is 2. The molecule has 0 bridgehead atoms. The van der Waals surface area contributed by atoms with Crippen LogP contribution in [0.4, 0.5) is 0 Å². The number of ether oxygens (including phenoxy) is 2. The lowest BCUT2D eigenvalue weighted by atomic mass is 9.53. The zero-order valence-electron chi connectivity index (χ0n) is 23.4. The van der Waals surface area contributed by atoms with Crippen LogP contribution in [0.2, 0.25) is 0 Å². The molecule has 1 heterocycles. The lowest BCUT2D eigenvalue weighted by Crippen LogP contribution is -2.62. The Hall–Kier alpha value is -1.96. The Morgan fingerprint density at radius 3 is 2.65 bits per heavy atom. The number of hydrogen-bond acceptors (Lipinski definition) is 7. The molecule has 208 valence electrons. The lowest BCUT2D eigenvalue weighted by Gasteiger charge is -2.56. The summed E-state index contributed by atoms with van der Waals surface area (Å²) in [5, 5.41) is 32.7. The van der Waals surface area contributed by atoms with Crippen LogP contribution in [0.1, 0.15) is 92.9 Å². The lowest BCUT2D eigenvalue weighted by molar-refractivity contribution is -0.202. The Kier molecular flexibility index (Phi) is 9.46. The van der Waals surface area contributed by atoms with E-state index in [-0.39, 0.29) is 18.4 Å². The van der Waals surface area contributed by atoms with Crippen molar-refractivity contribution in [3.63, 3.8) is 0 Å². The van der Waals surface area contributed by atoms with Gasteiger partial charge in [0.05, 0.1) is 12.0 Å². The molecule has 0 spiro atoms. The highest BCUT2D eigenvalue weighted by atomic mass is 16.6. The number of aliphatic hydroxyl groups excluding tert-OH is 2. The van der Waals surface area contributed by atoms with E-state index >= 15 is 0 Å². The number of allylic oxidation sites excluding steroid dienone is 1. The molecule has 0 amide bonds. The smallest absolute Gasteiger partial charge is 0.339 e. The first-order valence-electron chi connectivity index (χ1n) is 13.9. The van der Waals surface area contributed by atoms with Crippen LogP contribution in [0.25, 0.3) is 0 Å². The number of carbonyl (C=O) groups excluding carboxylic acids is 2. The van der Waals surface area contributed by atoms with Crippen molar-refractivity contribution in [2.45, 2.75) is 111 Å².